The van der Waals surface area contributed by atoms with Crippen LogP contribution in [-0.2, 0) is 32.8 Å². The molecule has 0 heterocycles. The van der Waals surface area contributed by atoms with Crippen LogP contribution in [0.3, 0.4) is 0 Å². The Morgan fingerprint density at radius 1 is 1.04 bits per heavy atom. The Balaban J connectivity index is 3.85. The van der Waals surface area contributed by atoms with Crippen LogP contribution >= 0.6 is 7.60 Å². The first-order valence-electron chi connectivity index (χ1n) is 8.40. The number of amides is 1. The molecule has 156 valence electrons. The number of hydrogen-bond donors (Lipinski definition) is 1. The number of alkyl carbamates (subject to hydrolysis) is 1. The molecule has 26 heavy (non-hydrogen) atoms. The summed E-state index contributed by atoms with van der Waals surface area (Å²) in [5, 5.41) is 2.57. The van der Waals surface area contributed by atoms with E-state index in [2.05, 4.69) is 9.84 Å². The number of methoxy groups -OCH3 is 2. The van der Waals surface area contributed by atoms with Crippen molar-refractivity contribution in [3.63, 3.8) is 0 Å². The molecule has 0 aliphatic carbocycles. The van der Waals surface area contributed by atoms with Gasteiger partial charge < -0.3 is 43.0 Å². The Morgan fingerprint density at radius 3 is 2.38 bits per heavy atom. The van der Waals surface area contributed by atoms with Crippen LogP contribution in [0.5, 0.6) is 0 Å². The lowest BCUT2D eigenvalue weighted by Crippen LogP contribution is -2.33. The molecule has 0 rings (SSSR count). The number of unbranched alkanes of at least 4 members (excludes halogenated alkanes) is 1. The van der Waals surface area contributed by atoms with E-state index in [1.54, 1.807) is 14.2 Å². The third-order valence-corrected chi connectivity index (χ3v) is 3.59. The lowest BCUT2D eigenvalue weighted by atomic mass is 10.3. The van der Waals surface area contributed by atoms with E-state index in [9.17, 15) is 14.3 Å². The highest BCUT2D eigenvalue weighted by molar-refractivity contribution is 7.50. The van der Waals surface area contributed by atoms with Gasteiger partial charge in [0.25, 0.3) is 0 Å². The molecule has 0 aliphatic heterocycles. The summed E-state index contributed by atoms with van der Waals surface area (Å²) in [7, 11) is -0.537. The number of rotatable bonds is 17. The smallest absolute Gasteiger partial charge is 0.407 e. The Morgan fingerprint density at radius 2 is 1.73 bits per heavy atom. The van der Waals surface area contributed by atoms with Gasteiger partial charge in [0.1, 0.15) is 20.3 Å². The molecule has 1 N–H and O–H groups in total. The summed E-state index contributed by atoms with van der Waals surface area (Å²) in [6.45, 7) is 3.46. The van der Waals surface area contributed by atoms with Crippen molar-refractivity contribution in [2.75, 3.05) is 73.7 Å². The van der Waals surface area contributed by atoms with Crippen molar-refractivity contribution < 1.29 is 42.5 Å². The SMILES string of the molecule is COCCOCC(COC(=O)NCCCCOP(C)(=O)[O-])OCCOC. The van der Waals surface area contributed by atoms with Gasteiger partial charge in [-0.05, 0) is 12.8 Å². The predicted molar refractivity (Wildman–Crippen MR) is 92.4 cm³/mol. The van der Waals surface area contributed by atoms with E-state index in [0.29, 0.717) is 45.8 Å². The van der Waals surface area contributed by atoms with Gasteiger partial charge in [-0.1, -0.05) is 0 Å². The third-order valence-electron chi connectivity index (χ3n) is 2.94. The largest absolute Gasteiger partial charge is 0.779 e. The van der Waals surface area contributed by atoms with E-state index in [1.165, 1.54) is 0 Å². The molecule has 0 fully saturated rings. The highest BCUT2D eigenvalue weighted by Crippen LogP contribution is 2.30. The molecule has 0 aromatic rings. The van der Waals surface area contributed by atoms with Crippen molar-refractivity contribution in [2.24, 2.45) is 0 Å². The van der Waals surface area contributed by atoms with Gasteiger partial charge in [-0.25, -0.2) is 4.79 Å². The Kier molecular flexibility index (Phi) is 16.0. The summed E-state index contributed by atoms with van der Waals surface area (Å²) in [5.41, 5.74) is 0. The number of hydrogen-bond acceptors (Lipinski definition) is 9. The minimum atomic E-state index is -3.69. The average Bonchev–Trinajstić information content (AvgIpc) is 2.58. The summed E-state index contributed by atoms with van der Waals surface area (Å²) >= 11 is 0. The van der Waals surface area contributed by atoms with Crippen LogP contribution in [0.4, 0.5) is 4.79 Å². The molecule has 0 saturated heterocycles. The van der Waals surface area contributed by atoms with E-state index in [-0.39, 0.29) is 19.8 Å². The first-order chi connectivity index (χ1) is 12.4. The summed E-state index contributed by atoms with van der Waals surface area (Å²) in [4.78, 5) is 22.5. The number of carbonyl (C=O) groups is 1. The van der Waals surface area contributed by atoms with Crippen LogP contribution in [0.1, 0.15) is 12.8 Å². The minimum Gasteiger partial charge on any atom is -0.779 e. The lowest BCUT2D eigenvalue weighted by Gasteiger charge is -2.18. The molecule has 2 atom stereocenters. The van der Waals surface area contributed by atoms with Crippen molar-refractivity contribution in [1.29, 1.82) is 0 Å². The van der Waals surface area contributed by atoms with Crippen molar-refractivity contribution in [2.45, 2.75) is 18.9 Å². The maximum atomic E-state index is 11.6. The van der Waals surface area contributed by atoms with Gasteiger partial charge >= 0.3 is 6.09 Å². The van der Waals surface area contributed by atoms with E-state index in [4.69, 9.17) is 23.7 Å². The third kappa shape index (κ3) is 18.1. The average molecular weight is 400 g/mol. The molecule has 10 nitrogen and oxygen atoms in total. The van der Waals surface area contributed by atoms with Crippen LogP contribution in [0, 0.1) is 0 Å². The molecule has 0 aromatic carbocycles. The summed E-state index contributed by atoms with van der Waals surface area (Å²) in [5.74, 6) is 0. The van der Waals surface area contributed by atoms with Crippen LogP contribution < -0.4 is 10.2 Å². The minimum absolute atomic E-state index is 0.0425. The number of carbonyl (C=O) groups excluding carboxylic acids is 1. The Labute approximate surface area is 154 Å². The van der Waals surface area contributed by atoms with Crippen molar-refractivity contribution in [3.05, 3.63) is 0 Å². The molecule has 11 heteroatoms. The number of nitrogens with one attached hydrogen (secondary N) is 1. The molecule has 0 aromatic heterocycles. The lowest BCUT2D eigenvalue weighted by molar-refractivity contribution is -0.196. The fourth-order valence-electron chi connectivity index (χ4n) is 1.67. The molecule has 0 saturated carbocycles. The maximum absolute atomic E-state index is 11.6. The normalized spacial score (nSPS) is 14.6. The molecule has 1 amide bonds. The standard InChI is InChI=1S/C15H32NO9P/c1-20-8-10-22-12-14(23-11-9-21-2)13-24-15(17)16-6-4-5-7-25-26(3,18)19/h14H,4-13H2,1-3H3,(H,16,17)(H,18,19)/p-1. The molecule has 0 aliphatic rings. The molecule has 0 spiro atoms. The quantitative estimate of drug-likeness (QED) is 0.273. The fraction of sp³-hybridized carbons (Fsp3) is 0.933. The van der Waals surface area contributed by atoms with Gasteiger partial charge in [-0.3, -0.25) is 0 Å². The Bertz CT molecular complexity index is 391. The Hall–Kier alpha value is -0.740. The summed E-state index contributed by atoms with van der Waals surface area (Å²) < 4.78 is 41.3. The molecule has 0 radical (unpaired) electrons. The van der Waals surface area contributed by atoms with Crippen LogP contribution in [-0.4, -0.2) is 85.9 Å². The predicted octanol–water partition coefficient (Wildman–Crippen LogP) is 0.387. The van der Waals surface area contributed by atoms with Crippen LogP contribution in [0.15, 0.2) is 0 Å². The molecular formula is C15H31NO9P-. The first-order valence-corrected chi connectivity index (χ1v) is 10.4. The van der Waals surface area contributed by atoms with Crippen molar-refractivity contribution in [1.82, 2.24) is 5.32 Å². The zero-order valence-corrected chi connectivity index (χ0v) is 16.7. The molecule has 2 unspecified atom stereocenters. The van der Waals surface area contributed by atoms with Crippen LogP contribution in [0.25, 0.3) is 0 Å². The van der Waals surface area contributed by atoms with Gasteiger partial charge in [0.15, 0.2) is 0 Å². The van der Waals surface area contributed by atoms with Gasteiger partial charge in [0.05, 0.1) is 39.6 Å². The highest BCUT2D eigenvalue weighted by Gasteiger charge is 2.13. The second-order valence-electron chi connectivity index (χ2n) is 5.39. The van der Waals surface area contributed by atoms with Crippen LogP contribution in [0.2, 0.25) is 0 Å². The van der Waals surface area contributed by atoms with E-state index >= 15 is 0 Å². The van der Waals surface area contributed by atoms with Crippen molar-refractivity contribution >= 4 is 13.7 Å². The number of ether oxygens (including phenoxy) is 5. The fourth-order valence-corrected chi connectivity index (χ4v) is 2.13. The van der Waals surface area contributed by atoms with E-state index in [0.717, 1.165) is 6.66 Å². The van der Waals surface area contributed by atoms with Gasteiger partial charge in [0.2, 0.25) is 0 Å². The van der Waals surface area contributed by atoms with E-state index in [1.807, 2.05) is 0 Å². The van der Waals surface area contributed by atoms with E-state index < -0.39 is 19.8 Å². The molecular weight excluding hydrogens is 369 g/mol. The highest BCUT2D eigenvalue weighted by atomic mass is 31.2. The van der Waals surface area contributed by atoms with Crippen molar-refractivity contribution in [3.8, 4) is 0 Å². The first kappa shape index (κ1) is 25.3. The zero-order valence-electron chi connectivity index (χ0n) is 15.8. The topological polar surface area (TPSA) is 125 Å². The maximum Gasteiger partial charge on any atom is 0.407 e. The zero-order chi connectivity index (χ0) is 19.7. The van der Waals surface area contributed by atoms with Gasteiger partial charge in [0, 0.05) is 27.4 Å². The molecule has 0 bridgehead atoms. The van der Waals surface area contributed by atoms with Gasteiger partial charge in [-0.2, -0.15) is 0 Å². The second-order valence-corrected chi connectivity index (χ2v) is 7.19. The second kappa shape index (κ2) is 16.4. The van der Waals surface area contributed by atoms with Gasteiger partial charge in [-0.15, -0.1) is 0 Å². The summed E-state index contributed by atoms with van der Waals surface area (Å²) in [6.07, 6.45) is 0.101. The summed E-state index contributed by atoms with van der Waals surface area (Å²) in [6, 6.07) is 0. The monoisotopic (exact) mass is 400 g/mol.